The number of aliphatic hydroxyl groups is 2. The summed E-state index contributed by atoms with van der Waals surface area (Å²) in [4.78, 5) is 5.86. The molecule has 0 aliphatic carbocycles. The zero-order valence-corrected chi connectivity index (χ0v) is 8.30. The van der Waals surface area contributed by atoms with E-state index in [1.807, 2.05) is 24.1 Å². The van der Waals surface area contributed by atoms with E-state index >= 15 is 0 Å². The summed E-state index contributed by atoms with van der Waals surface area (Å²) in [6.07, 6.45) is 3.98. The molecule has 1 aromatic heterocycles. The maximum Gasteiger partial charge on any atom is 0.0635 e. The van der Waals surface area contributed by atoms with Crippen LogP contribution in [-0.4, -0.2) is 41.5 Å². The lowest BCUT2D eigenvalue weighted by molar-refractivity contribution is 0.218. The minimum absolute atomic E-state index is 0.0394. The van der Waals surface area contributed by atoms with E-state index in [0.29, 0.717) is 6.42 Å². The van der Waals surface area contributed by atoms with Crippen LogP contribution < -0.4 is 4.90 Å². The molecule has 0 aliphatic heterocycles. The predicted molar refractivity (Wildman–Crippen MR) is 55.2 cm³/mol. The van der Waals surface area contributed by atoms with Crippen LogP contribution in [0.3, 0.4) is 0 Å². The van der Waals surface area contributed by atoms with Crippen LogP contribution in [0.1, 0.15) is 6.42 Å². The number of aromatic nitrogens is 1. The minimum atomic E-state index is -0.0394. The van der Waals surface area contributed by atoms with Crippen LogP contribution in [0.5, 0.6) is 0 Å². The third kappa shape index (κ3) is 2.68. The van der Waals surface area contributed by atoms with Crippen LogP contribution in [0.15, 0.2) is 24.5 Å². The topological polar surface area (TPSA) is 56.6 Å². The van der Waals surface area contributed by atoms with Crippen molar-refractivity contribution in [3.05, 3.63) is 24.5 Å². The summed E-state index contributed by atoms with van der Waals surface area (Å²) in [5.41, 5.74) is 0.993. The molecule has 0 amide bonds. The average Bonchev–Trinajstić information content (AvgIpc) is 2.26. The highest BCUT2D eigenvalue weighted by atomic mass is 16.3. The van der Waals surface area contributed by atoms with Gasteiger partial charge in [-0.05, 0) is 18.6 Å². The summed E-state index contributed by atoms with van der Waals surface area (Å²) >= 11 is 0. The molecule has 78 valence electrons. The van der Waals surface area contributed by atoms with E-state index < -0.39 is 0 Å². The quantitative estimate of drug-likeness (QED) is 0.709. The Morgan fingerprint density at radius 2 is 2.00 bits per heavy atom. The lowest BCUT2D eigenvalue weighted by atomic mass is 10.2. The van der Waals surface area contributed by atoms with Gasteiger partial charge in [-0.1, -0.05) is 0 Å². The number of pyridine rings is 1. The third-order valence-corrected chi connectivity index (χ3v) is 2.29. The Labute approximate surface area is 83.8 Å². The zero-order valence-electron chi connectivity index (χ0n) is 8.30. The van der Waals surface area contributed by atoms with Crippen molar-refractivity contribution in [1.29, 1.82) is 0 Å². The Hall–Kier alpha value is -1.13. The number of nitrogens with zero attached hydrogens (tertiary/aromatic N) is 2. The molecule has 14 heavy (non-hydrogen) atoms. The smallest absolute Gasteiger partial charge is 0.0635 e. The van der Waals surface area contributed by atoms with E-state index in [1.165, 1.54) is 0 Å². The second-order valence-electron chi connectivity index (χ2n) is 3.16. The maximum absolute atomic E-state index is 9.12. The fourth-order valence-electron chi connectivity index (χ4n) is 1.35. The van der Waals surface area contributed by atoms with E-state index in [4.69, 9.17) is 10.2 Å². The van der Waals surface area contributed by atoms with Gasteiger partial charge in [-0.2, -0.15) is 0 Å². The SMILES string of the molecule is CN(c1ccncc1)C(CO)CCO. The maximum atomic E-state index is 9.12. The second-order valence-corrected chi connectivity index (χ2v) is 3.16. The molecular formula is C10H16N2O2. The highest BCUT2D eigenvalue weighted by Crippen LogP contribution is 2.14. The van der Waals surface area contributed by atoms with Crippen LogP contribution in [0.25, 0.3) is 0 Å². The summed E-state index contributed by atoms with van der Waals surface area (Å²) in [6.45, 7) is 0.125. The van der Waals surface area contributed by atoms with Crippen LogP contribution in [0.2, 0.25) is 0 Å². The molecule has 1 rings (SSSR count). The van der Waals surface area contributed by atoms with Gasteiger partial charge in [0.25, 0.3) is 0 Å². The molecule has 4 nitrogen and oxygen atoms in total. The molecule has 4 heteroatoms. The average molecular weight is 196 g/mol. The van der Waals surface area contributed by atoms with Crippen LogP contribution in [-0.2, 0) is 0 Å². The molecule has 1 atom stereocenters. The standard InChI is InChI=1S/C10H16N2O2/c1-12(10(8-14)4-7-13)9-2-5-11-6-3-9/h2-3,5-6,10,13-14H,4,7-8H2,1H3. The predicted octanol–water partition coefficient (Wildman–Crippen LogP) is 0.261. The van der Waals surface area contributed by atoms with Gasteiger partial charge in [0.05, 0.1) is 12.6 Å². The molecule has 1 aromatic rings. The Morgan fingerprint density at radius 3 is 2.50 bits per heavy atom. The summed E-state index contributed by atoms with van der Waals surface area (Å²) in [7, 11) is 1.89. The van der Waals surface area contributed by atoms with Crippen molar-refractivity contribution in [2.45, 2.75) is 12.5 Å². The number of likely N-dealkylation sites (N-methyl/N-ethyl adjacent to an activating group) is 1. The molecule has 0 saturated carbocycles. The van der Waals surface area contributed by atoms with E-state index in [9.17, 15) is 0 Å². The van der Waals surface area contributed by atoms with Gasteiger partial charge >= 0.3 is 0 Å². The van der Waals surface area contributed by atoms with Gasteiger partial charge in [0.15, 0.2) is 0 Å². The van der Waals surface area contributed by atoms with E-state index in [0.717, 1.165) is 5.69 Å². The fourth-order valence-corrected chi connectivity index (χ4v) is 1.35. The van der Waals surface area contributed by atoms with Crippen molar-refractivity contribution in [3.63, 3.8) is 0 Å². The molecule has 2 N–H and O–H groups in total. The molecule has 0 aliphatic rings. The van der Waals surface area contributed by atoms with Crippen LogP contribution in [0.4, 0.5) is 5.69 Å². The Kier molecular flexibility index (Phi) is 4.35. The van der Waals surface area contributed by atoms with Gasteiger partial charge in [0.1, 0.15) is 0 Å². The van der Waals surface area contributed by atoms with Gasteiger partial charge in [-0.3, -0.25) is 4.98 Å². The first-order chi connectivity index (χ1) is 6.79. The minimum Gasteiger partial charge on any atom is -0.396 e. The lowest BCUT2D eigenvalue weighted by Crippen LogP contribution is -2.35. The van der Waals surface area contributed by atoms with Gasteiger partial charge in [-0.25, -0.2) is 0 Å². The van der Waals surface area contributed by atoms with Crippen molar-refractivity contribution in [1.82, 2.24) is 4.98 Å². The first-order valence-corrected chi connectivity index (χ1v) is 4.64. The monoisotopic (exact) mass is 196 g/mol. The first-order valence-electron chi connectivity index (χ1n) is 4.64. The van der Waals surface area contributed by atoms with Gasteiger partial charge in [0.2, 0.25) is 0 Å². The van der Waals surface area contributed by atoms with E-state index in [1.54, 1.807) is 12.4 Å². The van der Waals surface area contributed by atoms with Crippen LogP contribution >= 0.6 is 0 Å². The number of hydrogen-bond donors (Lipinski definition) is 2. The lowest BCUT2D eigenvalue weighted by Gasteiger charge is -2.27. The third-order valence-electron chi connectivity index (χ3n) is 2.29. The van der Waals surface area contributed by atoms with Crippen molar-refractivity contribution in [2.75, 3.05) is 25.2 Å². The zero-order chi connectivity index (χ0) is 10.4. The van der Waals surface area contributed by atoms with Gasteiger partial charge < -0.3 is 15.1 Å². The first kappa shape index (κ1) is 10.9. The number of aliphatic hydroxyl groups excluding tert-OH is 2. The molecular weight excluding hydrogens is 180 g/mol. The highest BCUT2D eigenvalue weighted by Gasteiger charge is 2.12. The molecule has 0 radical (unpaired) electrons. The largest absolute Gasteiger partial charge is 0.396 e. The summed E-state index contributed by atoms with van der Waals surface area (Å²) < 4.78 is 0. The van der Waals surface area contributed by atoms with Crippen molar-refractivity contribution < 1.29 is 10.2 Å². The summed E-state index contributed by atoms with van der Waals surface area (Å²) in [6, 6.07) is 3.71. The number of hydrogen-bond acceptors (Lipinski definition) is 4. The normalized spacial score (nSPS) is 12.5. The van der Waals surface area contributed by atoms with Crippen molar-refractivity contribution in [2.24, 2.45) is 0 Å². The van der Waals surface area contributed by atoms with Crippen LogP contribution in [0, 0.1) is 0 Å². The summed E-state index contributed by atoms with van der Waals surface area (Å²) in [5.74, 6) is 0. The van der Waals surface area contributed by atoms with E-state index in [2.05, 4.69) is 4.98 Å². The van der Waals surface area contributed by atoms with Gasteiger partial charge in [-0.15, -0.1) is 0 Å². The van der Waals surface area contributed by atoms with Crippen molar-refractivity contribution >= 4 is 5.69 Å². The summed E-state index contributed by atoms with van der Waals surface area (Å²) in [5, 5.41) is 17.9. The fraction of sp³-hybridized carbons (Fsp3) is 0.500. The Morgan fingerprint density at radius 1 is 1.36 bits per heavy atom. The Balaban J connectivity index is 2.67. The molecule has 0 saturated heterocycles. The molecule has 0 fully saturated rings. The molecule has 0 aromatic carbocycles. The molecule has 0 bridgehead atoms. The number of rotatable bonds is 5. The molecule has 0 spiro atoms. The Bertz CT molecular complexity index is 254. The number of anilines is 1. The molecule has 1 unspecified atom stereocenters. The van der Waals surface area contributed by atoms with Gasteiger partial charge in [0, 0.05) is 31.7 Å². The highest BCUT2D eigenvalue weighted by molar-refractivity contribution is 5.44. The van der Waals surface area contributed by atoms with E-state index in [-0.39, 0.29) is 19.3 Å². The second kappa shape index (κ2) is 5.57. The molecule has 1 heterocycles. The van der Waals surface area contributed by atoms with Crippen molar-refractivity contribution in [3.8, 4) is 0 Å².